The number of hydrogen-bond acceptors (Lipinski definition) is 5. The minimum Gasteiger partial charge on any atom is -0.489 e. The normalized spacial score (nSPS) is 18.2. The average Bonchev–Trinajstić information content (AvgIpc) is 3.40. The van der Waals surface area contributed by atoms with Crippen LogP contribution in [0.25, 0.3) is 0 Å². The van der Waals surface area contributed by atoms with Gasteiger partial charge in [-0.3, -0.25) is 19.4 Å². The Morgan fingerprint density at radius 3 is 2.24 bits per heavy atom. The monoisotopic (exact) mass is 450 g/mol. The number of likely N-dealkylation sites (tertiary alicyclic amines) is 1. The van der Waals surface area contributed by atoms with Crippen LogP contribution in [-0.4, -0.2) is 78.4 Å². The van der Waals surface area contributed by atoms with Gasteiger partial charge in [-0.2, -0.15) is 0 Å². The van der Waals surface area contributed by atoms with Crippen molar-refractivity contribution in [1.82, 2.24) is 14.7 Å². The fourth-order valence-electron chi connectivity index (χ4n) is 4.35. The zero-order chi connectivity index (χ0) is 23.0. The molecule has 2 saturated heterocycles. The van der Waals surface area contributed by atoms with Gasteiger partial charge < -0.3 is 15.0 Å². The van der Waals surface area contributed by atoms with E-state index >= 15 is 0 Å². The molecular weight excluding hydrogens is 416 g/mol. The zero-order valence-electron chi connectivity index (χ0n) is 19.4. The highest BCUT2D eigenvalue weighted by Crippen LogP contribution is 2.18. The molecule has 2 fully saturated rings. The number of nitrogens with one attached hydrogen (secondary N) is 1. The fraction of sp³-hybridized carbons (Fsp3) is 0.462. The van der Waals surface area contributed by atoms with E-state index in [-0.39, 0.29) is 17.9 Å². The SMILES string of the molecule is C[C@@H](C(=O)Nc1ccc(OCc2ccccc2)cc1)N1CCN(CC(=O)N2CCCC2)CC1. The number of ether oxygens (including phenoxy) is 1. The van der Waals surface area contributed by atoms with Crippen LogP contribution >= 0.6 is 0 Å². The molecule has 2 aliphatic rings. The summed E-state index contributed by atoms with van der Waals surface area (Å²) in [4.78, 5) is 31.5. The van der Waals surface area contributed by atoms with Gasteiger partial charge in [0.1, 0.15) is 12.4 Å². The van der Waals surface area contributed by atoms with Crippen LogP contribution in [0.4, 0.5) is 5.69 Å². The van der Waals surface area contributed by atoms with Crippen molar-refractivity contribution < 1.29 is 14.3 Å². The van der Waals surface area contributed by atoms with E-state index in [1.807, 2.05) is 66.4 Å². The number of amides is 2. The molecule has 2 amide bonds. The fourth-order valence-corrected chi connectivity index (χ4v) is 4.35. The second-order valence-electron chi connectivity index (χ2n) is 8.86. The third kappa shape index (κ3) is 6.55. The van der Waals surface area contributed by atoms with Crippen molar-refractivity contribution in [2.75, 3.05) is 51.1 Å². The minimum atomic E-state index is -0.226. The molecule has 0 saturated carbocycles. The molecule has 4 rings (SSSR count). The Bertz CT molecular complexity index is 905. The van der Waals surface area contributed by atoms with Crippen molar-refractivity contribution in [3.63, 3.8) is 0 Å². The van der Waals surface area contributed by atoms with Crippen LogP contribution in [0.2, 0.25) is 0 Å². The number of hydrogen-bond donors (Lipinski definition) is 1. The van der Waals surface area contributed by atoms with Gasteiger partial charge in [0.05, 0.1) is 12.6 Å². The molecule has 0 aliphatic carbocycles. The molecule has 0 radical (unpaired) electrons. The molecule has 0 bridgehead atoms. The second-order valence-corrected chi connectivity index (χ2v) is 8.86. The van der Waals surface area contributed by atoms with E-state index in [0.717, 1.165) is 69.1 Å². The number of piperazine rings is 1. The summed E-state index contributed by atoms with van der Waals surface area (Å²) in [5.74, 6) is 0.988. The van der Waals surface area contributed by atoms with Crippen LogP contribution < -0.4 is 10.1 Å². The molecule has 33 heavy (non-hydrogen) atoms. The molecule has 0 spiro atoms. The maximum absolute atomic E-state index is 12.8. The van der Waals surface area contributed by atoms with Gasteiger partial charge in [-0.15, -0.1) is 0 Å². The van der Waals surface area contributed by atoms with Crippen molar-refractivity contribution in [3.8, 4) is 5.75 Å². The van der Waals surface area contributed by atoms with Crippen LogP contribution in [0.3, 0.4) is 0 Å². The van der Waals surface area contributed by atoms with Crippen molar-refractivity contribution in [1.29, 1.82) is 0 Å². The van der Waals surface area contributed by atoms with E-state index in [4.69, 9.17) is 4.74 Å². The molecule has 0 aromatic heterocycles. The first-order valence-corrected chi connectivity index (χ1v) is 11.9. The second kappa shape index (κ2) is 11.3. The summed E-state index contributed by atoms with van der Waals surface area (Å²) in [6, 6.07) is 17.3. The topological polar surface area (TPSA) is 65.1 Å². The molecule has 176 valence electrons. The highest BCUT2D eigenvalue weighted by Gasteiger charge is 2.27. The van der Waals surface area contributed by atoms with Gasteiger partial charge in [0.2, 0.25) is 11.8 Å². The Morgan fingerprint density at radius 1 is 0.909 bits per heavy atom. The van der Waals surface area contributed by atoms with E-state index < -0.39 is 0 Å². The summed E-state index contributed by atoms with van der Waals surface area (Å²) in [5, 5.41) is 3.01. The molecule has 2 aromatic carbocycles. The first-order chi connectivity index (χ1) is 16.1. The number of benzene rings is 2. The van der Waals surface area contributed by atoms with Gasteiger partial charge >= 0.3 is 0 Å². The molecule has 7 heteroatoms. The third-order valence-corrected chi connectivity index (χ3v) is 6.52. The summed E-state index contributed by atoms with van der Waals surface area (Å²) in [6.45, 7) is 7.94. The molecule has 2 heterocycles. The Morgan fingerprint density at radius 2 is 1.58 bits per heavy atom. The molecule has 1 atom stereocenters. The summed E-state index contributed by atoms with van der Waals surface area (Å²) in [7, 11) is 0. The molecule has 1 N–H and O–H groups in total. The minimum absolute atomic E-state index is 0.0189. The largest absolute Gasteiger partial charge is 0.489 e. The molecule has 2 aromatic rings. The van der Waals surface area contributed by atoms with Crippen LogP contribution in [0.1, 0.15) is 25.3 Å². The maximum atomic E-state index is 12.8. The Labute approximate surface area is 196 Å². The maximum Gasteiger partial charge on any atom is 0.241 e. The zero-order valence-corrected chi connectivity index (χ0v) is 19.4. The van der Waals surface area contributed by atoms with E-state index in [2.05, 4.69) is 15.1 Å². The van der Waals surface area contributed by atoms with Crippen molar-refractivity contribution in [2.45, 2.75) is 32.4 Å². The van der Waals surface area contributed by atoms with E-state index in [1.54, 1.807) is 0 Å². The van der Waals surface area contributed by atoms with Crippen LogP contribution in [-0.2, 0) is 16.2 Å². The lowest BCUT2D eigenvalue weighted by atomic mass is 10.2. The summed E-state index contributed by atoms with van der Waals surface area (Å²) in [5.41, 5.74) is 1.87. The van der Waals surface area contributed by atoms with Gasteiger partial charge in [-0.05, 0) is 49.6 Å². The summed E-state index contributed by atoms with van der Waals surface area (Å²) in [6.07, 6.45) is 2.24. The number of carbonyl (C=O) groups excluding carboxylic acids is 2. The lowest BCUT2D eigenvalue weighted by Crippen LogP contribution is -2.54. The van der Waals surface area contributed by atoms with Gasteiger partial charge in [0.25, 0.3) is 0 Å². The standard InChI is InChI=1S/C26H34N4O3/c1-21(29-17-15-28(16-18-29)19-25(31)30-13-5-6-14-30)26(32)27-23-9-11-24(12-10-23)33-20-22-7-3-2-4-8-22/h2-4,7-12,21H,5-6,13-20H2,1H3,(H,27,32)/t21-/m0/s1. The van der Waals surface area contributed by atoms with Crippen molar-refractivity contribution in [2.24, 2.45) is 0 Å². The van der Waals surface area contributed by atoms with E-state index in [1.165, 1.54) is 0 Å². The van der Waals surface area contributed by atoms with E-state index in [9.17, 15) is 9.59 Å². The quantitative estimate of drug-likeness (QED) is 0.670. The Kier molecular flexibility index (Phi) is 7.96. The van der Waals surface area contributed by atoms with Gasteiger partial charge in [0, 0.05) is 45.0 Å². The summed E-state index contributed by atoms with van der Waals surface area (Å²) >= 11 is 0. The first-order valence-electron chi connectivity index (χ1n) is 11.9. The molecule has 0 unspecified atom stereocenters. The first kappa shape index (κ1) is 23.3. The molecule has 7 nitrogen and oxygen atoms in total. The van der Waals surface area contributed by atoms with Crippen LogP contribution in [0.5, 0.6) is 5.75 Å². The lowest BCUT2D eigenvalue weighted by Gasteiger charge is -2.37. The van der Waals surface area contributed by atoms with E-state index in [0.29, 0.717) is 13.2 Å². The summed E-state index contributed by atoms with van der Waals surface area (Å²) < 4.78 is 5.81. The highest BCUT2D eigenvalue weighted by molar-refractivity contribution is 5.94. The predicted octanol–water partition coefficient (Wildman–Crippen LogP) is 2.83. The third-order valence-electron chi connectivity index (χ3n) is 6.52. The average molecular weight is 451 g/mol. The van der Waals surface area contributed by atoms with Crippen molar-refractivity contribution >= 4 is 17.5 Å². The molecule has 2 aliphatic heterocycles. The Hall–Kier alpha value is -2.90. The number of rotatable bonds is 8. The molecular formula is C26H34N4O3. The van der Waals surface area contributed by atoms with Crippen molar-refractivity contribution in [3.05, 3.63) is 60.2 Å². The lowest BCUT2D eigenvalue weighted by molar-refractivity contribution is -0.132. The smallest absolute Gasteiger partial charge is 0.241 e. The van der Waals surface area contributed by atoms with Crippen LogP contribution in [0.15, 0.2) is 54.6 Å². The predicted molar refractivity (Wildman–Crippen MR) is 129 cm³/mol. The van der Waals surface area contributed by atoms with Crippen LogP contribution in [0, 0.1) is 0 Å². The Balaban J connectivity index is 1.19. The number of nitrogens with zero attached hydrogens (tertiary/aromatic N) is 3. The number of carbonyl (C=O) groups is 2. The number of anilines is 1. The van der Waals surface area contributed by atoms with Gasteiger partial charge in [0.15, 0.2) is 0 Å². The van der Waals surface area contributed by atoms with Gasteiger partial charge in [-0.1, -0.05) is 30.3 Å². The highest BCUT2D eigenvalue weighted by atomic mass is 16.5. The van der Waals surface area contributed by atoms with Gasteiger partial charge in [-0.25, -0.2) is 0 Å².